The van der Waals surface area contributed by atoms with Crippen LogP contribution in [0.4, 0.5) is 17.1 Å². The molecule has 5 nitrogen and oxygen atoms in total. The number of hydrogen-bond donors (Lipinski definition) is 2. The molecule has 0 spiro atoms. The Morgan fingerprint density at radius 2 is 1.97 bits per heavy atom. The topological polar surface area (TPSA) is 65.5 Å². The summed E-state index contributed by atoms with van der Waals surface area (Å²) in [7, 11) is 2.09. The van der Waals surface area contributed by atoms with Gasteiger partial charge in [-0.3, -0.25) is 4.98 Å². The lowest BCUT2D eigenvalue weighted by Crippen LogP contribution is -2.13. The number of nitrogens with zero attached hydrogens (tertiary/aromatic N) is 2. The lowest BCUT2D eigenvalue weighted by Gasteiger charge is -2.21. The number of nitrogens with one attached hydrogen (secondary N) is 1. The number of carbonyl (C=O) groups is 1. The van der Waals surface area contributed by atoms with Crippen LogP contribution in [0.3, 0.4) is 0 Å². The second kappa shape index (κ2) is 8.41. The molecule has 1 aromatic heterocycles. The molecule has 0 fully saturated rings. The Bertz CT molecular complexity index is 1040. The van der Waals surface area contributed by atoms with Crippen LogP contribution in [0.2, 0.25) is 0 Å². The fourth-order valence-electron chi connectivity index (χ4n) is 3.88. The van der Waals surface area contributed by atoms with E-state index in [9.17, 15) is 9.90 Å². The van der Waals surface area contributed by atoms with Gasteiger partial charge in [0.05, 0.1) is 17.4 Å². The number of carboxylic acid groups (broad SMARTS) is 1. The number of aromatic nitrogens is 1. The summed E-state index contributed by atoms with van der Waals surface area (Å²) in [5, 5.41) is 12.6. The van der Waals surface area contributed by atoms with Crippen molar-refractivity contribution in [1.29, 1.82) is 0 Å². The summed E-state index contributed by atoms with van der Waals surface area (Å²) in [5.41, 5.74) is 5.89. The van der Waals surface area contributed by atoms with Gasteiger partial charge >= 0.3 is 5.97 Å². The summed E-state index contributed by atoms with van der Waals surface area (Å²) < 4.78 is 1.23. The number of rotatable bonds is 6. The molecular weight excluding hydrogens is 477 g/mol. The third-order valence-electron chi connectivity index (χ3n) is 5.52. The zero-order valence-corrected chi connectivity index (χ0v) is 18.3. The quantitative estimate of drug-likeness (QED) is 0.451. The molecule has 148 valence electrons. The number of halogens is 1. The number of fused-ring (bicyclic) bond motifs is 1. The SMILES string of the molecule is CN(c1ccc(I)cc1)c1ccc2c(c1)CC[C@@H]2CNc1cnccc1C(=O)O. The molecule has 1 heterocycles. The molecule has 1 aliphatic rings. The number of anilines is 3. The van der Waals surface area contributed by atoms with E-state index < -0.39 is 5.97 Å². The van der Waals surface area contributed by atoms with Gasteiger partial charge in [-0.15, -0.1) is 0 Å². The lowest BCUT2D eigenvalue weighted by atomic mass is 10.0. The van der Waals surface area contributed by atoms with Gasteiger partial charge in [0, 0.05) is 40.7 Å². The van der Waals surface area contributed by atoms with E-state index in [2.05, 4.69) is 87.3 Å². The fourth-order valence-corrected chi connectivity index (χ4v) is 4.24. The van der Waals surface area contributed by atoms with E-state index in [4.69, 9.17) is 0 Å². The average Bonchev–Trinajstić information content (AvgIpc) is 3.14. The average molecular weight is 499 g/mol. The molecule has 0 amide bonds. The lowest BCUT2D eigenvalue weighted by molar-refractivity contribution is 0.0698. The first-order valence-electron chi connectivity index (χ1n) is 9.56. The Morgan fingerprint density at radius 3 is 2.72 bits per heavy atom. The molecule has 6 heteroatoms. The summed E-state index contributed by atoms with van der Waals surface area (Å²) in [6.45, 7) is 0.700. The molecule has 0 saturated heterocycles. The highest BCUT2D eigenvalue weighted by Gasteiger charge is 2.23. The fraction of sp³-hybridized carbons (Fsp3) is 0.217. The highest BCUT2D eigenvalue weighted by Crippen LogP contribution is 2.37. The predicted octanol–water partition coefficient (Wildman–Crippen LogP) is 5.29. The van der Waals surface area contributed by atoms with Crippen molar-refractivity contribution in [3.63, 3.8) is 0 Å². The van der Waals surface area contributed by atoms with Crippen LogP contribution in [0.1, 0.15) is 33.8 Å². The Balaban J connectivity index is 1.49. The van der Waals surface area contributed by atoms with E-state index in [-0.39, 0.29) is 5.56 Å². The van der Waals surface area contributed by atoms with Crippen molar-refractivity contribution in [2.45, 2.75) is 18.8 Å². The van der Waals surface area contributed by atoms with Crippen molar-refractivity contribution in [3.8, 4) is 0 Å². The molecule has 3 aromatic rings. The zero-order valence-electron chi connectivity index (χ0n) is 16.1. The van der Waals surface area contributed by atoms with E-state index >= 15 is 0 Å². The van der Waals surface area contributed by atoms with Crippen LogP contribution in [0.5, 0.6) is 0 Å². The van der Waals surface area contributed by atoms with Crippen molar-refractivity contribution in [2.24, 2.45) is 0 Å². The Kier molecular flexibility index (Phi) is 5.71. The van der Waals surface area contributed by atoms with Gasteiger partial charge in [0.1, 0.15) is 0 Å². The molecule has 0 bridgehead atoms. The van der Waals surface area contributed by atoms with Crippen LogP contribution >= 0.6 is 22.6 Å². The number of hydrogen-bond acceptors (Lipinski definition) is 4. The maximum absolute atomic E-state index is 11.4. The molecular formula is C23H22IN3O2. The van der Waals surface area contributed by atoms with Gasteiger partial charge < -0.3 is 15.3 Å². The number of aromatic carboxylic acids is 1. The first kappa shape index (κ1) is 19.7. The second-order valence-electron chi connectivity index (χ2n) is 7.26. The van der Waals surface area contributed by atoms with Crippen LogP contribution in [0, 0.1) is 3.57 Å². The smallest absolute Gasteiger partial charge is 0.337 e. The highest BCUT2D eigenvalue weighted by atomic mass is 127. The molecule has 2 N–H and O–H groups in total. The van der Waals surface area contributed by atoms with Gasteiger partial charge in [-0.2, -0.15) is 0 Å². The normalized spacial score (nSPS) is 15.0. The Hall–Kier alpha value is -2.61. The summed E-state index contributed by atoms with van der Waals surface area (Å²) >= 11 is 2.32. The third-order valence-corrected chi connectivity index (χ3v) is 6.24. The minimum Gasteiger partial charge on any atom is -0.478 e. The van der Waals surface area contributed by atoms with Crippen molar-refractivity contribution in [1.82, 2.24) is 4.98 Å². The maximum Gasteiger partial charge on any atom is 0.337 e. The van der Waals surface area contributed by atoms with Crippen LogP contribution in [0.15, 0.2) is 60.9 Å². The number of benzene rings is 2. The Labute approximate surface area is 183 Å². The van der Waals surface area contributed by atoms with Crippen molar-refractivity contribution >= 4 is 45.6 Å². The predicted molar refractivity (Wildman–Crippen MR) is 124 cm³/mol. The van der Waals surface area contributed by atoms with E-state index in [0.717, 1.165) is 12.8 Å². The molecule has 1 aliphatic carbocycles. The molecule has 0 unspecified atom stereocenters. The minimum atomic E-state index is -0.940. The van der Waals surface area contributed by atoms with Gasteiger partial charge in [0.2, 0.25) is 0 Å². The number of carboxylic acids is 1. The van der Waals surface area contributed by atoms with Crippen molar-refractivity contribution in [2.75, 3.05) is 23.8 Å². The summed E-state index contributed by atoms with van der Waals surface area (Å²) in [6.07, 6.45) is 5.18. The maximum atomic E-state index is 11.4. The first-order chi connectivity index (χ1) is 14.0. The molecule has 0 aliphatic heterocycles. The zero-order chi connectivity index (χ0) is 20.4. The molecule has 4 rings (SSSR count). The summed E-state index contributed by atoms with van der Waals surface area (Å²) in [5.74, 6) is -0.575. The Morgan fingerprint density at radius 1 is 1.21 bits per heavy atom. The van der Waals surface area contributed by atoms with E-state index in [1.54, 1.807) is 6.20 Å². The standard InChI is InChI=1S/C23H22IN3O2/c1-27(18-6-4-17(24)5-7-18)19-8-9-20-15(12-19)2-3-16(20)13-26-22-14-25-11-10-21(22)23(28)29/h4-12,14,16,26H,2-3,13H2,1H3,(H,28,29)/t16-/m1/s1. The van der Waals surface area contributed by atoms with Gasteiger partial charge in [0.25, 0.3) is 0 Å². The molecule has 0 saturated carbocycles. The molecule has 1 atom stereocenters. The molecule has 29 heavy (non-hydrogen) atoms. The number of pyridine rings is 1. The van der Waals surface area contributed by atoms with Gasteiger partial charge in [0.15, 0.2) is 0 Å². The minimum absolute atomic E-state index is 0.257. The van der Waals surface area contributed by atoms with Crippen LogP contribution in [-0.4, -0.2) is 29.7 Å². The van der Waals surface area contributed by atoms with Crippen LogP contribution < -0.4 is 10.2 Å². The van der Waals surface area contributed by atoms with E-state index in [1.165, 1.54) is 38.3 Å². The first-order valence-corrected chi connectivity index (χ1v) is 10.6. The van der Waals surface area contributed by atoms with Crippen LogP contribution in [-0.2, 0) is 6.42 Å². The largest absolute Gasteiger partial charge is 0.478 e. The third kappa shape index (κ3) is 4.22. The number of aryl methyl sites for hydroxylation is 1. The monoisotopic (exact) mass is 499 g/mol. The van der Waals surface area contributed by atoms with Gasteiger partial charge in [-0.1, -0.05) is 6.07 Å². The van der Waals surface area contributed by atoms with Crippen molar-refractivity contribution < 1.29 is 9.90 Å². The van der Waals surface area contributed by atoms with Gasteiger partial charge in [-0.05, 0) is 89.0 Å². The molecule has 2 aromatic carbocycles. The highest BCUT2D eigenvalue weighted by molar-refractivity contribution is 14.1. The second-order valence-corrected chi connectivity index (χ2v) is 8.51. The molecule has 0 radical (unpaired) electrons. The summed E-state index contributed by atoms with van der Waals surface area (Å²) in [4.78, 5) is 17.6. The van der Waals surface area contributed by atoms with Crippen LogP contribution in [0.25, 0.3) is 0 Å². The van der Waals surface area contributed by atoms with E-state index in [0.29, 0.717) is 18.2 Å². The van der Waals surface area contributed by atoms with Gasteiger partial charge in [-0.25, -0.2) is 4.79 Å². The van der Waals surface area contributed by atoms with E-state index in [1.807, 2.05) is 0 Å². The van der Waals surface area contributed by atoms with Crippen molar-refractivity contribution in [3.05, 3.63) is 81.2 Å². The summed E-state index contributed by atoms with van der Waals surface area (Å²) in [6, 6.07) is 16.7.